The Hall–Kier alpha value is -2.72. The molecule has 37 heavy (non-hydrogen) atoms. The molecule has 6 heteroatoms. The summed E-state index contributed by atoms with van der Waals surface area (Å²) >= 11 is -2.61. The van der Waals surface area contributed by atoms with Gasteiger partial charge in [0.15, 0.2) is 0 Å². The van der Waals surface area contributed by atoms with Crippen molar-refractivity contribution in [2.75, 3.05) is 6.61 Å². The Balaban J connectivity index is 1.80. The third kappa shape index (κ3) is 5.75. The number of aromatic nitrogens is 1. The molecule has 2 N–H and O–H groups in total. The van der Waals surface area contributed by atoms with Crippen LogP contribution in [0.4, 0.5) is 5.69 Å². The molecule has 0 radical (unpaired) electrons. The molecule has 0 amide bonds. The van der Waals surface area contributed by atoms with Crippen molar-refractivity contribution in [3.05, 3.63) is 53.6 Å². The Morgan fingerprint density at radius 1 is 1.00 bits per heavy atom. The van der Waals surface area contributed by atoms with Crippen molar-refractivity contribution < 1.29 is 9.94 Å². The number of aromatic hydroxyl groups is 1. The molecule has 1 aliphatic heterocycles. The Kier molecular flexibility index (Phi) is 9.37. The average Bonchev–Trinajstić information content (AvgIpc) is 3.44. The van der Waals surface area contributed by atoms with Gasteiger partial charge < -0.3 is 0 Å². The maximum atomic E-state index is 11.1. The van der Waals surface area contributed by atoms with Gasteiger partial charge in [-0.25, -0.2) is 0 Å². The van der Waals surface area contributed by atoms with Crippen LogP contribution in [0.1, 0.15) is 70.4 Å². The summed E-state index contributed by atoms with van der Waals surface area (Å²) in [4.78, 5) is 13.5. The molecule has 0 bridgehead atoms. The standard InChI is InChI=1S/C19H12N3O2.3C4H9.Sn/c1-2-11-24-22-17-13-8-4-6-10-15(13)20-18(17)16-12-7-3-5-9-14(12)21-19(16)23;3*1-3-4-2;/h1,3-4,6-10,21,23H,11H2;3*1,3-4H2,2H3;. The summed E-state index contributed by atoms with van der Waals surface area (Å²) < 4.78 is 5.79. The zero-order valence-corrected chi connectivity index (χ0v) is 25.3. The Bertz CT molecular complexity index is 1310. The van der Waals surface area contributed by atoms with E-state index in [2.05, 4.69) is 55.0 Å². The molecule has 2 aromatic carbocycles. The van der Waals surface area contributed by atoms with E-state index < -0.39 is 18.4 Å². The number of aliphatic imine (C=N–C) groups is 1. The van der Waals surface area contributed by atoms with E-state index in [1.165, 1.54) is 51.8 Å². The zero-order chi connectivity index (χ0) is 26.3. The van der Waals surface area contributed by atoms with Crippen LogP contribution in [0.2, 0.25) is 13.3 Å². The summed E-state index contributed by atoms with van der Waals surface area (Å²) in [6.07, 6.45) is 13.0. The van der Waals surface area contributed by atoms with E-state index in [1.807, 2.05) is 24.3 Å². The molecule has 0 spiro atoms. The van der Waals surface area contributed by atoms with E-state index in [-0.39, 0.29) is 12.5 Å². The number of hydrogen-bond acceptors (Lipinski definition) is 4. The van der Waals surface area contributed by atoms with Gasteiger partial charge in [0.05, 0.1) is 0 Å². The summed E-state index contributed by atoms with van der Waals surface area (Å²) in [6, 6.07) is 14.7. The number of nitrogens with one attached hydrogen (secondary N) is 1. The predicted molar refractivity (Wildman–Crippen MR) is 158 cm³/mol. The quantitative estimate of drug-likeness (QED) is 0.0923. The molecule has 3 aromatic rings. The monoisotopic (exact) mass is 605 g/mol. The third-order valence-electron chi connectivity index (χ3n) is 7.57. The molecule has 0 aliphatic carbocycles. The first kappa shape index (κ1) is 27.3. The van der Waals surface area contributed by atoms with Crippen LogP contribution in [0.3, 0.4) is 0 Å². The van der Waals surface area contributed by atoms with Crippen molar-refractivity contribution in [3.8, 4) is 18.2 Å². The van der Waals surface area contributed by atoms with Crippen molar-refractivity contribution in [3.63, 3.8) is 0 Å². The van der Waals surface area contributed by atoms with Gasteiger partial charge in [-0.15, -0.1) is 0 Å². The molecule has 4 rings (SSSR count). The minimum atomic E-state index is -2.61. The molecule has 5 nitrogen and oxygen atoms in total. The van der Waals surface area contributed by atoms with Crippen LogP contribution in [0.25, 0.3) is 10.9 Å². The second kappa shape index (κ2) is 12.7. The fraction of sp³-hybridized carbons (Fsp3) is 0.419. The summed E-state index contributed by atoms with van der Waals surface area (Å²) in [5.74, 6) is 2.56. The van der Waals surface area contributed by atoms with Gasteiger partial charge in [0, 0.05) is 0 Å². The molecule has 0 saturated heterocycles. The molecule has 0 saturated carbocycles. The molecule has 0 fully saturated rings. The summed E-state index contributed by atoms with van der Waals surface area (Å²) in [5, 5.41) is 16.4. The third-order valence-corrected chi connectivity index (χ3v) is 23.2. The van der Waals surface area contributed by atoms with E-state index in [1.54, 1.807) is 3.58 Å². The van der Waals surface area contributed by atoms with Crippen LogP contribution < -0.4 is 3.58 Å². The summed E-state index contributed by atoms with van der Waals surface area (Å²) in [7, 11) is 0. The fourth-order valence-electron chi connectivity index (χ4n) is 5.58. The van der Waals surface area contributed by atoms with Crippen LogP contribution in [0.15, 0.2) is 52.6 Å². The number of aromatic amines is 1. The van der Waals surface area contributed by atoms with Crippen molar-refractivity contribution in [1.82, 2.24) is 4.98 Å². The average molecular weight is 604 g/mol. The first-order valence-corrected chi connectivity index (χ1v) is 21.2. The molecule has 0 atom stereocenters. The van der Waals surface area contributed by atoms with Gasteiger partial charge in [0.1, 0.15) is 0 Å². The molecule has 194 valence electrons. The zero-order valence-electron chi connectivity index (χ0n) is 22.4. The van der Waals surface area contributed by atoms with Gasteiger partial charge >= 0.3 is 226 Å². The van der Waals surface area contributed by atoms with Gasteiger partial charge in [-0.05, 0) is 0 Å². The van der Waals surface area contributed by atoms with Crippen LogP contribution in [0, 0.1) is 12.3 Å². The van der Waals surface area contributed by atoms with E-state index >= 15 is 0 Å². The molecule has 2 heterocycles. The van der Waals surface area contributed by atoms with Crippen molar-refractivity contribution in [1.29, 1.82) is 0 Å². The minimum absolute atomic E-state index is 0.0739. The summed E-state index contributed by atoms with van der Waals surface area (Å²) in [6.45, 7) is 7.00. The van der Waals surface area contributed by atoms with Crippen molar-refractivity contribution in [2.45, 2.75) is 72.6 Å². The van der Waals surface area contributed by atoms with Gasteiger partial charge in [-0.3, -0.25) is 0 Å². The van der Waals surface area contributed by atoms with Crippen LogP contribution in [-0.2, 0) is 4.84 Å². The molecular formula is C31H39N3O2Sn. The summed E-state index contributed by atoms with van der Waals surface area (Å²) in [5.41, 5.74) is 4.50. The SMILES string of the molecule is C#CCON=C1C(c2c(O)[nH]c3c[c]([Sn]([CH2]CCC)([CH2]CCC)[CH2]CCC)ccc23)=Nc2ccccc21. The van der Waals surface area contributed by atoms with E-state index in [0.717, 1.165) is 22.2 Å². The number of unbranched alkanes of at least 4 members (excludes halogenated alkanes) is 3. The van der Waals surface area contributed by atoms with Gasteiger partial charge in [0.2, 0.25) is 0 Å². The van der Waals surface area contributed by atoms with Gasteiger partial charge in [0.25, 0.3) is 0 Å². The number of terminal acetylenes is 1. The van der Waals surface area contributed by atoms with E-state index in [0.29, 0.717) is 17.0 Å². The van der Waals surface area contributed by atoms with Crippen LogP contribution in [0.5, 0.6) is 5.88 Å². The number of fused-ring (bicyclic) bond motifs is 2. The van der Waals surface area contributed by atoms with Crippen molar-refractivity contribution >= 4 is 50.0 Å². The maximum absolute atomic E-state index is 11.1. The second-order valence-corrected chi connectivity index (χ2v) is 23.3. The number of rotatable bonds is 13. The van der Waals surface area contributed by atoms with Crippen LogP contribution in [-0.4, -0.2) is 46.5 Å². The Labute approximate surface area is 225 Å². The van der Waals surface area contributed by atoms with E-state index in [4.69, 9.17) is 16.3 Å². The van der Waals surface area contributed by atoms with E-state index in [9.17, 15) is 5.11 Å². The topological polar surface area (TPSA) is 70.0 Å². The molecule has 1 aromatic heterocycles. The number of para-hydroxylation sites is 1. The number of benzene rings is 2. The van der Waals surface area contributed by atoms with Gasteiger partial charge in [-0.2, -0.15) is 0 Å². The van der Waals surface area contributed by atoms with Crippen LogP contribution >= 0.6 is 0 Å². The van der Waals surface area contributed by atoms with Gasteiger partial charge in [-0.1, -0.05) is 0 Å². The second-order valence-electron chi connectivity index (χ2n) is 10.1. The first-order valence-electron chi connectivity index (χ1n) is 13.8. The fourth-order valence-corrected chi connectivity index (χ4v) is 21.5. The number of hydrogen-bond donors (Lipinski definition) is 2. The number of oxime groups is 1. The predicted octanol–water partition coefficient (Wildman–Crippen LogP) is 7.42. The molecule has 1 aliphatic rings. The Morgan fingerprint density at radius 2 is 1.68 bits per heavy atom. The molecular weight excluding hydrogens is 565 g/mol. The number of nitrogens with zero attached hydrogens (tertiary/aromatic N) is 2. The van der Waals surface area contributed by atoms with Crippen molar-refractivity contribution in [2.24, 2.45) is 10.1 Å². The Morgan fingerprint density at radius 3 is 2.32 bits per heavy atom. The number of H-pyrrole nitrogens is 1. The normalized spacial score (nSPS) is 14.1. The first-order chi connectivity index (χ1) is 18.1. The molecule has 0 unspecified atom stereocenters.